The molecule has 1 amide bonds. The van der Waals surface area contributed by atoms with E-state index in [1.54, 1.807) is 4.90 Å². The first-order valence-electron chi connectivity index (χ1n) is 8.50. The number of carbonyl (C=O) groups is 2. The molecule has 25 heavy (non-hydrogen) atoms. The van der Waals surface area contributed by atoms with Gasteiger partial charge in [-0.15, -0.1) is 0 Å². The largest absolute Gasteiger partial charge is 0.490 e. The molecule has 1 aliphatic carbocycles. The third-order valence-corrected chi connectivity index (χ3v) is 5.70. The molecule has 0 atom stereocenters. The molecule has 0 unspecified atom stereocenters. The molecule has 2 saturated heterocycles. The second-order valence-electron chi connectivity index (χ2n) is 7.16. The first-order valence-corrected chi connectivity index (χ1v) is 8.50. The van der Waals surface area contributed by atoms with E-state index in [1.165, 1.54) is 19.4 Å². The Balaban J connectivity index is 0.000000277. The quantitative estimate of drug-likeness (QED) is 0.723. The summed E-state index contributed by atoms with van der Waals surface area (Å²) >= 11 is 0. The summed E-state index contributed by atoms with van der Waals surface area (Å²) in [5.41, 5.74) is -1.20. The summed E-state index contributed by atoms with van der Waals surface area (Å²) in [6.07, 6.45) is 1.20. The Morgan fingerprint density at radius 3 is 1.80 bits per heavy atom. The Hall–Kier alpha value is -1.38. The van der Waals surface area contributed by atoms with Crippen molar-refractivity contribution in [3.05, 3.63) is 0 Å². The number of nitrogens with zero attached hydrogens (tertiary/aromatic N) is 2. The zero-order valence-electron chi connectivity index (χ0n) is 14.2. The molecule has 144 valence electrons. The van der Waals surface area contributed by atoms with Crippen LogP contribution in [0.1, 0.15) is 44.9 Å². The van der Waals surface area contributed by atoms with E-state index in [-0.39, 0.29) is 5.91 Å². The molecule has 0 aromatic carbocycles. The summed E-state index contributed by atoms with van der Waals surface area (Å²) in [6.45, 7) is 2.66. The minimum atomic E-state index is -5.08. The Bertz CT molecular complexity index is 512. The number of amides is 1. The van der Waals surface area contributed by atoms with Crippen molar-refractivity contribution in [1.29, 1.82) is 0 Å². The highest BCUT2D eigenvalue weighted by molar-refractivity contribution is 5.86. The van der Waals surface area contributed by atoms with Gasteiger partial charge in [-0.1, -0.05) is 0 Å². The molecular weight excluding hydrogens is 344 g/mol. The van der Waals surface area contributed by atoms with Gasteiger partial charge in [0.1, 0.15) is 0 Å². The van der Waals surface area contributed by atoms with Gasteiger partial charge in [0.25, 0.3) is 5.91 Å². The molecule has 0 radical (unpaired) electrons. The summed E-state index contributed by atoms with van der Waals surface area (Å²) in [4.78, 5) is 25.2. The van der Waals surface area contributed by atoms with Crippen LogP contribution in [-0.4, -0.2) is 70.8 Å². The smallest absolute Gasteiger partial charge is 0.475 e. The van der Waals surface area contributed by atoms with E-state index < -0.39 is 17.8 Å². The lowest BCUT2D eigenvalue weighted by atomic mass is 9.79. The van der Waals surface area contributed by atoms with Crippen molar-refractivity contribution in [3.63, 3.8) is 0 Å². The van der Waals surface area contributed by atoms with Crippen LogP contribution >= 0.6 is 0 Å². The molecule has 2 heterocycles. The number of likely N-dealkylation sites (tertiary alicyclic amines) is 2. The second-order valence-corrected chi connectivity index (χ2v) is 7.16. The van der Waals surface area contributed by atoms with Crippen molar-refractivity contribution < 1.29 is 32.3 Å². The topological polar surface area (TPSA) is 60.9 Å². The molecule has 0 bridgehead atoms. The van der Waals surface area contributed by atoms with Crippen LogP contribution in [0.2, 0.25) is 0 Å². The zero-order valence-corrected chi connectivity index (χ0v) is 14.2. The highest BCUT2D eigenvalue weighted by Gasteiger charge is 2.49. The lowest BCUT2D eigenvalue weighted by molar-refractivity contribution is -0.192. The normalized spacial score (nSPS) is 25.1. The van der Waals surface area contributed by atoms with E-state index in [2.05, 4.69) is 11.9 Å². The summed E-state index contributed by atoms with van der Waals surface area (Å²) in [5.74, 6) is -2.99. The molecule has 3 aliphatic rings. The summed E-state index contributed by atoms with van der Waals surface area (Å²) in [6, 6.07) is 0. The van der Waals surface area contributed by atoms with Crippen LogP contribution in [0.5, 0.6) is 0 Å². The van der Waals surface area contributed by atoms with Crippen LogP contribution in [-0.2, 0) is 9.59 Å². The van der Waals surface area contributed by atoms with Crippen molar-refractivity contribution in [2.24, 2.45) is 0 Å². The lowest BCUT2D eigenvalue weighted by Gasteiger charge is -2.46. The molecule has 9 heteroatoms. The van der Waals surface area contributed by atoms with Gasteiger partial charge in [-0.2, -0.15) is 13.2 Å². The van der Waals surface area contributed by atoms with Gasteiger partial charge in [0, 0.05) is 18.6 Å². The molecular formula is C16H24F4N2O3. The Labute approximate surface area is 144 Å². The van der Waals surface area contributed by atoms with Crippen LogP contribution in [0, 0.1) is 0 Å². The minimum absolute atomic E-state index is 0.232. The van der Waals surface area contributed by atoms with Crippen molar-refractivity contribution >= 4 is 11.9 Å². The molecule has 1 saturated carbocycles. The van der Waals surface area contributed by atoms with Gasteiger partial charge >= 0.3 is 12.1 Å². The highest BCUT2D eigenvalue weighted by atomic mass is 19.4. The van der Waals surface area contributed by atoms with Gasteiger partial charge in [0.15, 0.2) is 5.67 Å². The standard InChI is InChI=1S/C14H23FN2O.C2HF3O2/c1-16-9-3-4-13(16)7-10-17(11-8-13)12(18)14(15)5-2-6-14;3-2(4,5)1(6)7/h2-11H2,1H3;(H,6,7). The monoisotopic (exact) mass is 368 g/mol. The minimum Gasteiger partial charge on any atom is -0.475 e. The molecule has 3 fully saturated rings. The number of halogens is 4. The molecule has 5 nitrogen and oxygen atoms in total. The van der Waals surface area contributed by atoms with Crippen molar-refractivity contribution in [2.45, 2.75) is 62.3 Å². The number of alkyl halides is 4. The number of hydrogen-bond acceptors (Lipinski definition) is 3. The number of carbonyl (C=O) groups excluding carboxylic acids is 1. The predicted molar refractivity (Wildman–Crippen MR) is 81.8 cm³/mol. The molecule has 1 spiro atoms. The molecule has 0 aromatic heterocycles. The SMILES string of the molecule is CN1CCCC12CCN(C(=O)C1(F)CCC1)CC2.O=C(O)C(F)(F)F. The lowest BCUT2D eigenvalue weighted by Crippen LogP contribution is -2.57. The third kappa shape index (κ3) is 4.24. The number of carboxylic acids is 1. The average molecular weight is 368 g/mol. The van der Waals surface area contributed by atoms with Crippen LogP contribution in [0.3, 0.4) is 0 Å². The summed E-state index contributed by atoms with van der Waals surface area (Å²) in [5, 5.41) is 7.12. The second kappa shape index (κ2) is 7.09. The maximum absolute atomic E-state index is 14.1. The van der Waals surface area contributed by atoms with E-state index in [9.17, 15) is 22.4 Å². The van der Waals surface area contributed by atoms with Crippen molar-refractivity contribution in [2.75, 3.05) is 26.7 Å². The fourth-order valence-electron chi connectivity index (χ4n) is 3.82. The van der Waals surface area contributed by atoms with Crippen LogP contribution in [0.4, 0.5) is 17.6 Å². The third-order valence-electron chi connectivity index (χ3n) is 5.70. The molecule has 3 rings (SSSR count). The van der Waals surface area contributed by atoms with Crippen molar-refractivity contribution in [3.8, 4) is 0 Å². The summed E-state index contributed by atoms with van der Waals surface area (Å²) < 4.78 is 45.9. The first kappa shape index (κ1) is 19.9. The Kier molecular flexibility index (Phi) is 5.65. The molecule has 1 N–H and O–H groups in total. The van der Waals surface area contributed by atoms with E-state index in [0.29, 0.717) is 18.4 Å². The van der Waals surface area contributed by atoms with Gasteiger partial charge < -0.3 is 14.9 Å². The van der Waals surface area contributed by atoms with Crippen LogP contribution in [0.25, 0.3) is 0 Å². The highest BCUT2D eigenvalue weighted by Crippen LogP contribution is 2.41. The number of aliphatic carboxylic acids is 1. The van der Waals surface area contributed by atoms with Crippen molar-refractivity contribution in [1.82, 2.24) is 9.80 Å². The van der Waals surface area contributed by atoms with Gasteiger partial charge in [-0.3, -0.25) is 4.79 Å². The van der Waals surface area contributed by atoms with E-state index in [1.807, 2.05) is 0 Å². The van der Waals surface area contributed by atoms with Crippen LogP contribution in [0.15, 0.2) is 0 Å². The number of rotatable bonds is 1. The average Bonchev–Trinajstić information content (AvgIpc) is 2.85. The first-order chi connectivity index (χ1) is 11.5. The number of carboxylic acid groups (broad SMARTS) is 1. The predicted octanol–water partition coefficient (Wildman–Crippen LogP) is 2.60. The van der Waals surface area contributed by atoms with Gasteiger partial charge in [0.2, 0.25) is 0 Å². The fraction of sp³-hybridized carbons (Fsp3) is 0.875. The zero-order chi connectivity index (χ0) is 18.9. The fourth-order valence-corrected chi connectivity index (χ4v) is 3.82. The van der Waals surface area contributed by atoms with Gasteiger partial charge in [-0.25, -0.2) is 9.18 Å². The molecule has 2 aliphatic heterocycles. The van der Waals surface area contributed by atoms with E-state index >= 15 is 0 Å². The number of piperidine rings is 1. The van der Waals surface area contributed by atoms with Gasteiger partial charge in [-0.05, 0) is 58.5 Å². The maximum Gasteiger partial charge on any atom is 0.490 e. The molecule has 0 aromatic rings. The Morgan fingerprint density at radius 1 is 0.960 bits per heavy atom. The van der Waals surface area contributed by atoms with Crippen LogP contribution < -0.4 is 0 Å². The van der Waals surface area contributed by atoms with E-state index in [4.69, 9.17) is 9.90 Å². The number of hydrogen-bond donors (Lipinski definition) is 1. The summed E-state index contributed by atoms with van der Waals surface area (Å²) in [7, 11) is 2.19. The van der Waals surface area contributed by atoms with E-state index in [0.717, 1.165) is 32.4 Å². The maximum atomic E-state index is 14.1. The van der Waals surface area contributed by atoms with Gasteiger partial charge in [0.05, 0.1) is 0 Å². The Morgan fingerprint density at radius 2 is 1.48 bits per heavy atom.